The lowest BCUT2D eigenvalue weighted by Crippen LogP contribution is -2.39. The molecule has 0 atom stereocenters. The molecule has 3 aromatic rings. The van der Waals surface area contributed by atoms with Crippen LogP contribution in [0.1, 0.15) is 28.6 Å². The number of methoxy groups -OCH3 is 1. The molecule has 2 aromatic carbocycles. The molecule has 32 heavy (non-hydrogen) atoms. The highest BCUT2D eigenvalue weighted by molar-refractivity contribution is 6.30. The monoisotopic (exact) mass is 454 g/mol. The van der Waals surface area contributed by atoms with E-state index in [1.165, 1.54) is 7.11 Å². The van der Waals surface area contributed by atoms with Crippen molar-refractivity contribution in [2.45, 2.75) is 6.92 Å². The molecule has 0 unspecified atom stereocenters. The normalized spacial score (nSPS) is 14.6. The predicted molar refractivity (Wildman–Crippen MR) is 123 cm³/mol. The number of carbonyl (C=O) groups excluding carboxylic acids is 2. The maximum Gasteiger partial charge on any atom is 0.246 e. The van der Waals surface area contributed by atoms with E-state index in [9.17, 15) is 9.59 Å². The molecule has 0 aliphatic carbocycles. The molecular weight excluding hydrogens is 432 g/mol. The van der Waals surface area contributed by atoms with Crippen molar-refractivity contribution in [2.24, 2.45) is 0 Å². The SMILES string of the molecule is COc1ccc(/C(C)=C/C(=O)N2CCOCC2)c2c(N)c(C(=O)c3ccc(Cl)cc3)oc12. The number of carbonyl (C=O) groups is 2. The molecule has 1 aliphatic rings. The van der Waals surface area contributed by atoms with Crippen molar-refractivity contribution in [1.29, 1.82) is 0 Å². The van der Waals surface area contributed by atoms with Gasteiger partial charge in [-0.15, -0.1) is 0 Å². The van der Waals surface area contributed by atoms with Crippen LogP contribution in [-0.2, 0) is 9.53 Å². The van der Waals surface area contributed by atoms with E-state index in [4.69, 9.17) is 31.2 Å². The van der Waals surface area contributed by atoms with E-state index in [2.05, 4.69) is 0 Å². The van der Waals surface area contributed by atoms with Gasteiger partial charge >= 0.3 is 0 Å². The van der Waals surface area contributed by atoms with Crippen LogP contribution >= 0.6 is 11.6 Å². The van der Waals surface area contributed by atoms with E-state index in [0.717, 1.165) is 0 Å². The maximum atomic E-state index is 13.1. The summed E-state index contributed by atoms with van der Waals surface area (Å²) in [7, 11) is 1.51. The number of hydrogen-bond acceptors (Lipinski definition) is 6. The van der Waals surface area contributed by atoms with Gasteiger partial charge in [-0.2, -0.15) is 0 Å². The summed E-state index contributed by atoms with van der Waals surface area (Å²) < 4.78 is 16.6. The standard InChI is InChI=1S/C24H23ClN2O5/c1-14(13-19(28)27-9-11-31-12-10-27)17-7-8-18(30-2)23-20(17)21(26)24(32-23)22(29)15-3-5-16(25)6-4-15/h3-8,13H,9-12,26H2,1-2H3/b14-13+. The quantitative estimate of drug-likeness (QED) is 0.459. The Bertz CT molecular complexity index is 1210. The second-order valence-electron chi connectivity index (χ2n) is 7.47. The minimum absolute atomic E-state index is 0.0142. The summed E-state index contributed by atoms with van der Waals surface area (Å²) >= 11 is 5.93. The molecule has 4 rings (SSSR count). The summed E-state index contributed by atoms with van der Waals surface area (Å²) in [4.78, 5) is 27.5. The van der Waals surface area contributed by atoms with Gasteiger partial charge < -0.3 is 24.5 Å². The summed E-state index contributed by atoms with van der Waals surface area (Å²) in [5.41, 5.74) is 8.75. The minimum Gasteiger partial charge on any atom is -0.493 e. The number of nitrogens with zero attached hydrogens (tertiary/aromatic N) is 1. The maximum absolute atomic E-state index is 13.1. The average Bonchev–Trinajstić information content (AvgIpc) is 3.16. The number of ketones is 1. The lowest BCUT2D eigenvalue weighted by atomic mass is 9.99. The molecule has 7 nitrogen and oxygen atoms in total. The Hall–Kier alpha value is -3.29. The molecule has 0 spiro atoms. The van der Waals surface area contributed by atoms with E-state index >= 15 is 0 Å². The van der Waals surface area contributed by atoms with E-state index in [0.29, 0.717) is 64.7 Å². The van der Waals surface area contributed by atoms with Crippen LogP contribution in [0.4, 0.5) is 5.69 Å². The first-order valence-corrected chi connectivity index (χ1v) is 10.5. The summed E-state index contributed by atoms with van der Waals surface area (Å²) in [6.45, 7) is 3.97. The van der Waals surface area contributed by atoms with Crippen LogP contribution in [-0.4, -0.2) is 50.0 Å². The summed E-state index contributed by atoms with van der Waals surface area (Å²) in [5.74, 6) is -0.0121. The van der Waals surface area contributed by atoms with Crippen LogP contribution in [0.5, 0.6) is 5.75 Å². The van der Waals surface area contributed by atoms with Crippen LogP contribution in [0.15, 0.2) is 46.9 Å². The van der Waals surface area contributed by atoms with Crippen LogP contribution in [0, 0.1) is 0 Å². The first-order valence-electron chi connectivity index (χ1n) is 10.1. The van der Waals surface area contributed by atoms with E-state index in [1.807, 2.05) is 13.0 Å². The molecule has 166 valence electrons. The van der Waals surface area contributed by atoms with Crippen molar-refractivity contribution in [2.75, 3.05) is 39.1 Å². The Morgan fingerprint density at radius 1 is 1.12 bits per heavy atom. The zero-order chi connectivity index (χ0) is 22.8. The van der Waals surface area contributed by atoms with Crippen LogP contribution in [0.2, 0.25) is 5.02 Å². The number of nitrogen functional groups attached to an aromatic ring is 1. The third kappa shape index (κ3) is 4.09. The zero-order valence-electron chi connectivity index (χ0n) is 17.8. The fourth-order valence-corrected chi connectivity index (χ4v) is 3.86. The van der Waals surface area contributed by atoms with Gasteiger partial charge in [-0.3, -0.25) is 9.59 Å². The molecule has 2 heterocycles. The molecule has 0 saturated carbocycles. The highest BCUT2D eigenvalue weighted by Gasteiger charge is 2.25. The van der Waals surface area contributed by atoms with Crippen molar-refractivity contribution in [3.63, 3.8) is 0 Å². The molecule has 1 aromatic heterocycles. The number of rotatable bonds is 5. The number of nitrogens with two attached hydrogens (primary N) is 1. The fraction of sp³-hybridized carbons (Fsp3) is 0.250. The smallest absolute Gasteiger partial charge is 0.246 e. The minimum atomic E-state index is -0.366. The van der Waals surface area contributed by atoms with Gasteiger partial charge in [-0.25, -0.2) is 0 Å². The van der Waals surface area contributed by atoms with E-state index < -0.39 is 0 Å². The number of morpholine rings is 1. The van der Waals surface area contributed by atoms with Crippen LogP contribution < -0.4 is 10.5 Å². The summed E-state index contributed by atoms with van der Waals surface area (Å²) in [5, 5.41) is 1.05. The largest absolute Gasteiger partial charge is 0.493 e. The number of ether oxygens (including phenoxy) is 2. The number of halogens is 1. The Kier molecular flexibility index (Phi) is 6.21. The predicted octanol–water partition coefficient (Wildman–Crippen LogP) is 4.17. The second kappa shape index (κ2) is 9.06. The Morgan fingerprint density at radius 3 is 2.47 bits per heavy atom. The van der Waals surface area contributed by atoms with Gasteiger partial charge in [0.05, 0.1) is 31.4 Å². The van der Waals surface area contributed by atoms with Gasteiger partial charge in [-0.05, 0) is 48.4 Å². The van der Waals surface area contributed by atoms with Gasteiger partial charge in [0, 0.05) is 29.8 Å². The van der Waals surface area contributed by atoms with Gasteiger partial charge in [-0.1, -0.05) is 17.7 Å². The van der Waals surface area contributed by atoms with E-state index in [-0.39, 0.29) is 23.1 Å². The molecule has 1 aliphatic heterocycles. The number of furan rings is 1. The molecule has 1 fully saturated rings. The van der Waals surface area contributed by atoms with Crippen molar-refractivity contribution < 1.29 is 23.5 Å². The Balaban J connectivity index is 1.79. The number of allylic oxidation sites excluding steroid dienone is 1. The molecule has 1 amide bonds. The molecule has 8 heteroatoms. The van der Waals surface area contributed by atoms with E-state index in [1.54, 1.807) is 41.3 Å². The van der Waals surface area contributed by atoms with Crippen LogP contribution in [0.3, 0.4) is 0 Å². The van der Waals surface area contributed by atoms with Gasteiger partial charge in [0.2, 0.25) is 11.7 Å². The summed E-state index contributed by atoms with van der Waals surface area (Å²) in [6.07, 6.45) is 1.57. The number of hydrogen-bond donors (Lipinski definition) is 1. The topological polar surface area (TPSA) is 95.0 Å². The van der Waals surface area contributed by atoms with Gasteiger partial charge in [0.1, 0.15) is 0 Å². The Labute approximate surface area is 190 Å². The number of anilines is 1. The third-order valence-corrected chi connectivity index (χ3v) is 5.71. The lowest BCUT2D eigenvalue weighted by Gasteiger charge is -2.25. The highest BCUT2D eigenvalue weighted by Crippen LogP contribution is 2.40. The van der Waals surface area contributed by atoms with Crippen molar-refractivity contribution >= 4 is 45.5 Å². The number of benzene rings is 2. The lowest BCUT2D eigenvalue weighted by molar-refractivity contribution is -0.129. The van der Waals surface area contributed by atoms with Crippen LogP contribution in [0.25, 0.3) is 16.5 Å². The summed E-state index contributed by atoms with van der Waals surface area (Å²) in [6, 6.07) is 10.0. The van der Waals surface area contributed by atoms with Gasteiger partial charge in [0.15, 0.2) is 17.1 Å². The van der Waals surface area contributed by atoms with Crippen molar-refractivity contribution in [3.8, 4) is 5.75 Å². The second-order valence-corrected chi connectivity index (χ2v) is 7.90. The first kappa shape index (κ1) is 21.9. The van der Waals surface area contributed by atoms with Crippen molar-refractivity contribution in [1.82, 2.24) is 4.90 Å². The van der Waals surface area contributed by atoms with Gasteiger partial charge in [0.25, 0.3) is 0 Å². The Morgan fingerprint density at radius 2 is 1.81 bits per heavy atom. The number of fused-ring (bicyclic) bond motifs is 1. The van der Waals surface area contributed by atoms with Crippen molar-refractivity contribution in [3.05, 3.63) is 64.4 Å². The number of amides is 1. The molecule has 0 radical (unpaired) electrons. The zero-order valence-corrected chi connectivity index (χ0v) is 18.6. The highest BCUT2D eigenvalue weighted by atomic mass is 35.5. The molecule has 0 bridgehead atoms. The first-order chi connectivity index (χ1) is 15.4. The molecule has 1 saturated heterocycles. The molecule has 2 N–H and O–H groups in total. The molecular formula is C24H23ClN2O5. The average molecular weight is 455 g/mol. The third-order valence-electron chi connectivity index (χ3n) is 5.46. The fourth-order valence-electron chi connectivity index (χ4n) is 3.73.